The van der Waals surface area contributed by atoms with Gasteiger partial charge < -0.3 is 11.1 Å². The summed E-state index contributed by atoms with van der Waals surface area (Å²) in [4.78, 5) is 16.8. The van der Waals surface area contributed by atoms with Gasteiger partial charge in [-0.15, -0.1) is 12.6 Å². The summed E-state index contributed by atoms with van der Waals surface area (Å²) in [5, 5.41) is 3.49. The van der Waals surface area contributed by atoms with Crippen molar-refractivity contribution in [2.24, 2.45) is 12.0 Å². The molecule has 0 spiro atoms. The Kier molecular flexibility index (Phi) is 4.42. The zero-order valence-electron chi connectivity index (χ0n) is 12.3. The van der Waals surface area contributed by atoms with Gasteiger partial charge in [0.25, 0.3) is 5.56 Å². The summed E-state index contributed by atoms with van der Waals surface area (Å²) in [6.07, 6.45) is 0. The highest BCUT2D eigenvalue weighted by Crippen LogP contribution is 2.22. The number of nitrogens with two attached hydrogens (primary N) is 1. The summed E-state index contributed by atoms with van der Waals surface area (Å²) in [6.45, 7) is 2.19. The Morgan fingerprint density at radius 1 is 1.48 bits per heavy atom. The topological polar surface area (TPSA) is 77.3 Å². The fourth-order valence-corrected chi connectivity index (χ4v) is 2.27. The van der Waals surface area contributed by atoms with E-state index in [4.69, 9.17) is 5.73 Å². The van der Waals surface area contributed by atoms with Crippen LogP contribution < -0.4 is 16.6 Å². The van der Waals surface area contributed by atoms with Crippen LogP contribution in [-0.2, 0) is 13.6 Å². The summed E-state index contributed by atoms with van der Waals surface area (Å²) in [5.41, 5.74) is 7.73. The molecule has 1 aromatic heterocycles. The van der Waals surface area contributed by atoms with Crippen LogP contribution in [0, 0.1) is 0 Å². The van der Waals surface area contributed by atoms with E-state index >= 15 is 0 Å². The maximum Gasteiger partial charge on any atom is 0.292 e. The summed E-state index contributed by atoms with van der Waals surface area (Å²) in [7, 11) is 3.50. The van der Waals surface area contributed by atoms with Gasteiger partial charge in [-0.2, -0.15) is 0 Å². The van der Waals surface area contributed by atoms with Gasteiger partial charge in [-0.05, 0) is 24.6 Å². The molecule has 0 fully saturated rings. The van der Waals surface area contributed by atoms with Crippen LogP contribution in [0.4, 0.5) is 17.2 Å². The lowest BCUT2D eigenvalue weighted by Gasteiger charge is -2.08. The SMILES string of the molecule is CNc1c(/N=C(/C)S)n(C)n(Cc2cccc(N)c2)c1=O. The number of nitrogens with one attached hydrogen (secondary N) is 1. The minimum absolute atomic E-state index is 0.129. The van der Waals surface area contributed by atoms with Gasteiger partial charge in [0, 0.05) is 19.8 Å². The van der Waals surface area contributed by atoms with Crippen molar-refractivity contribution in [1.82, 2.24) is 9.36 Å². The molecule has 0 aliphatic heterocycles. The van der Waals surface area contributed by atoms with E-state index in [0.717, 1.165) is 5.56 Å². The molecular weight excluding hydrogens is 286 g/mol. The van der Waals surface area contributed by atoms with E-state index < -0.39 is 0 Å². The fourth-order valence-electron chi connectivity index (χ4n) is 2.18. The molecule has 0 radical (unpaired) electrons. The predicted molar refractivity (Wildman–Crippen MR) is 90.9 cm³/mol. The van der Waals surface area contributed by atoms with Gasteiger partial charge in [0.2, 0.25) is 0 Å². The van der Waals surface area contributed by atoms with Crippen molar-refractivity contribution in [3.8, 4) is 0 Å². The molecule has 0 aliphatic carbocycles. The maximum absolute atomic E-state index is 12.5. The van der Waals surface area contributed by atoms with Crippen LogP contribution in [0.25, 0.3) is 0 Å². The van der Waals surface area contributed by atoms with E-state index in [9.17, 15) is 4.79 Å². The number of nitrogen functional groups attached to an aromatic ring is 1. The van der Waals surface area contributed by atoms with Gasteiger partial charge in [-0.1, -0.05) is 12.1 Å². The summed E-state index contributed by atoms with van der Waals surface area (Å²) < 4.78 is 3.33. The molecule has 0 saturated carbocycles. The third-order valence-corrected chi connectivity index (χ3v) is 3.24. The minimum atomic E-state index is -0.129. The van der Waals surface area contributed by atoms with Crippen molar-refractivity contribution < 1.29 is 0 Å². The van der Waals surface area contributed by atoms with Crippen molar-refractivity contribution in [1.29, 1.82) is 0 Å². The van der Waals surface area contributed by atoms with Crippen molar-refractivity contribution in [2.75, 3.05) is 18.1 Å². The van der Waals surface area contributed by atoms with Crippen molar-refractivity contribution in [3.63, 3.8) is 0 Å². The molecule has 0 saturated heterocycles. The Bertz CT molecular complexity index is 740. The van der Waals surface area contributed by atoms with E-state index in [1.165, 1.54) is 0 Å². The lowest BCUT2D eigenvalue weighted by Crippen LogP contribution is -2.23. The Hall–Kier alpha value is -2.15. The number of hydrogen-bond acceptors (Lipinski definition) is 4. The molecule has 0 amide bonds. The zero-order valence-corrected chi connectivity index (χ0v) is 13.2. The Labute approximate surface area is 128 Å². The van der Waals surface area contributed by atoms with E-state index in [2.05, 4.69) is 22.9 Å². The molecule has 1 heterocycles. The van der Waals surface area contributed by atoms with Gasteiger partial charge in [-0.25, -0.2) is 9.67 Å². The van der Waals surface area contributed by atoms with Gasteiger partial charge in [0.1, 0.15) is 5.69 Å². The highest BCUT2D eigenvalue weighted by molar-refractivity contribution is 7.96. The average Bonchev–Trinajstić information content (AvgIpc) is 2.63. The van der Waals surface area contributed by atoms with Crippen molar-refractivity contribution in [2.45, 2.75) is 13.5 Å². The normalized spacial score (nSPS) is 11.7. The second-order valence-electron chi connectivity index (χ2n) is 4.74. The quantitative estimate of drug-likeness (QED) is 0.349. The second kappa shape index (κ2) is 6.09. The number of aliphatic imine (C=N–C) groups is 1. The first-order chi connectivity index (χ1) is 9.93. The number of nitrogens with zero attached hydrogens (tertiary/aromatic N) is 3. The van der Waals surface area contributed by atoms with E-state index in [1.54, 1.807) is 30.4 Å². The third kappa shape index (κ3) is 3.13. The zero-order chi connectivity index (χ0) is 15.6. The monoisotopic (exact) mass is 305 g/mol. The smallest absolute Gasteiger partial charge is 0.292 e. The van der Waals surface area contributed by atoms with Crippen LogP contribution in [0.15, 0.2) is 34.1 Å². The predicted octanol–water partition coefficient (Wildman–Crippen LogP) is 1.84. The van der Waals surface area contributed by atoms with Crippen molar-refractivity contribution in [3.05, 3.63) is 40.2 Å². The van der Waals surface area contributed by atoms with Crippen molar-refractivity contribution >= 4 is 34.9 Å². The first-order valence-corrected chi connectivity index (χ1v) is 6.95. The lowest BCUT2D eigenvalue weighted by atomic mass is 10.2. The minimum Gasteiger partial charge on any atom is -0.399 e. The fraction of sp³-hybridized carbons (Fsp3) is 0.286. The highest BCUT2D eigenvalue weighted by Gasteiger charge is 2.16. The lowest BCUT2D eigenvalue weighted by molar-refractivity contribution is 0.539. The molecule has 112 valence electrons. The van der Waals surface area contributed by atoms with Crippen LogP contribution in [0.2, 0.25) is 0 Å². The largest absolute Gasteiger partial charge is 0.399 e. The van der Waals surface area contributed by atoms with E-state index in [1.807, 2.05) is 24.3 Å². The van der Waals surface area contributed by atoms with Crippen LogP contribution >= 0.6 is 12.6 Å². The standard InChI is InChI=1S/C14H19N5OS/c1-9(21)17-13-12(16-2)14(20)19(18(13)3)8-10-5-4-6-11(15)7-10/h4-7,16H,8,15H2,1-3H3,(H,17,21). The highest BCUT2D eigenvalue weighted by atomic mass is 32.1. The summed E-state index contributed by atoms with van der Waals surface area (Å²) in [6, 6.07) is 7.47. The Morgan fingerprint density at radius 2 is 2.19 bits per heavy atom. The number of thiol groups is 1. The molecule has 2 rings (SSSR count). The van der Waals surface area contributed by atoms with Crippen LogP contribution in [0.5, 0.6) is 0 Å². The molecule has 21 heavy (non-hydrogen) atoms. The summed E-state index contributed by atoms with van der Waals surface area (Å²) in [5.74, 6) is 0.555. The molecular formula is C14H19N5OS. The number of rotatable bonds is 4. The molecule has 0 aliphatic rings. The van der Waals surface area contributed by atoms with Gasteiger partial charge in [-0.3, -0.25) is 9.48 Å². The number of aromatic nitrogens is 2. The van der Waals surface area contributed by atoms with Gasteiger partial charge >= 0.3 is 0 Å². The van der Waals surface area contributed by atoms with Crippen LogP contribution in [0.1, 0.15) is 12.5 Å². The molecule has 7 heteroatoms. The number of benzene rings is 1. The van der Waals surface area contributed by atoms with Crippen LogP contribution in [0.3, 0.4) is 0 Å². The number of hydrogen-bond donors (Lipinski definition) is 3. The third-order valence-electron chi connectivity index (χ3n) is 3.14. The Balaban J connectivity index is 2.52. The first kappa shape index (κ1) is 15.2. The molecule has 2 aromatic rings. The molecule has 6 nitrogen and oxygen atoms in total. The maximum atomic E-state index is 12.5. The first-order valence-electron chi connectivity index (χ1n) is 6.50. The number of anilines is 2. The molecule has 0 unspecified atom stereocenters. The molecule has 0 atom stereocenters. The molecule has 3 N–H and O–H groups in total. The van der Waals surface area contributed by atoms with E-state index in [0.29, 0.717) is 28.8 Å². The van der Waals surface area contributed by atoms with Crippen LogP contribution in [-0.4, -0.2) is 21.5 Å². The van der Waals surface area contributed by atoms with E-state index in [-0.39, 0.29) is 5.56 Å². The summed E-state index contributed by atoms with van der Waals surface area (Å²) >= 11 is 4.18. The van der Waals surface area contributed by atoms with Gasteiger partial charge in [0.05, 0.1) is 11.6 Å². The second-order valence-corrected chi connectivity index (χ2v) is 5.39. The Morgan fingerprint density at radius 3 is 2.76 bits per heavy atom. The molecule has 0 bridgehead atoms. The average molecular weight is 305 g/mol. The molecule has 1 aromatic carbocycles. The van der Waals surface area contributed by atoms with Gasteiger partial charge in [0.15, 0.2) is 5.82 Å².